The topological polar surface area (TPSA) is 65.1 Å². The van der Waals surface area contributed by atoms with Gasteiger partial charge in [0.2, 0.25) is 5.78 Å². The van der Waals surface area contributed by atoms with Crippen molar-refractivity contribution in [3.8, 4) is 5.75 Å². The summed E-state index contributed by atoms with van der Waals surface area (Å²) in [5, 5.41) is 0. The number of ether oxygens (including phenoxy) is 3. The highest BCUT2D eigenvalue weighted by Crippen LogP contribution is 2.32. The maximum Gasteiger partial charge on any atom is 0.348 e. The normalized spacial score (nSPS) is 21.8. The highest BCUT2D eigenvalue weighted by atomic mass is 16.6. The van der Waals surface area contributed by atoms with Gasteiger partial charge in [-0.3, -0.25) is 4.79 Å². The molecule has 17 heavy (non-hydrogen) atoms. The van der Waals surface area contributed by atoms with Gasteiger partial charge in [0.25, 0.3) is 5.60 Å². The van der Waals surface area contributed by atoms with E-state index in [1.54, 1.807) is 24.3 Å². The molecule has 0 saturated carbocycles. The molecule has 1 aromatic carbocycles. The monoisotopic (exact) mass is 236 g/mol. The van der Waals surface area contributed by atoms with Gasteiger partial charge < -0.3 is 14.2 Å². The van der Waals surface area contributed by atoms with Crippen molar-refractivity contribution < 1.29 is 23.8 Å². The molecule has 0 aromatic heterocycles. The number of carbonyl (C=O) groups excluding carboxylic acids is 2. The molecule has 1 unspecified atom stereocenters. The van der Waals surface area contributed by atoms with Crippen LogP contribution in [0.5, 0.6) is 5.75 Å². The summed E-state index contributed by atoms with van der Waals surface area (Å²) in [7, 11) is 2.77. The molecule has 1 saturated heterocycles. The minimum Gasteiger partial charge on any atom is -0.497 e. The number of hydrogen-bond acceptors (Lipinski definition) is 5. The highest BCUT2D eigenvalue weighted by molar-refractivity contribution is 6.17. The highest BCUT2D eigenvalue weighted by Gasteiger charge is 2.60. The molecule has 5 nitrogen and oxygen atoms in total. The molecule has 5 heteroatoms. The van der Waals surface area contributed by atoms with E-state index in [0.29, 0.717) is 11.3 Å². The summed E-state index contributed by atoms with van der Waals surface area (Å²) >= 11 is 0. The van der Waals surface area contributed by atoms with Crippen LogP contribution in [0.3, 0.4) is 0 Å². The second kappa shape index (κ2) is 4.18. The Morgan fingerprint density at radius 2 is 1.82 bits per heavy atom. The van der Waals surface area contributed by atoms with Crippen LogP contribution < -0.4 is 4.74 Å². The second-order valence-corrected chi connectivity index (χ2v) is 3.66. The van der Waals surface area contributed by atoms with Crippen LogP contribution in [0.4, 0.5) is 0 Å². The third-order valence-corrected chi connectivity index (χ3v) is 2.67. The Morgan fingerprint density at radius 1 is 1.24 bits per heavy atom. The standard InChI is InChI=1S/C12H12O5/c1-15-9-5-3-8(4-6-9)10(13)12(7-17-12)11(14)16-2/h3-6H,7H2,1-2H3. The molecule has 0 bridgehead atoms. The van der Waals surface area contributed by atoms with Crippen molar-refractivity contribution in [2.45, 2.75) is 5.60 Å². The lowest BCUT2D eigenvalue weighted by Gasteiger charge is -2.08. The van der Waals surface area contributed by atoms with Crippen LogP contribution in [0.15, 0.2) is 24.3 Å². The van der Waals surface area contributed by atoms with Gasteiger partial charge in [-0.1, -0.05) is 0 Å². The third-order valence-electron chi connectivity index (χ3n) is 2.67. The first kappa shape index (κ1) is 11.6. The van der Waals surface area contributed by atoms with Gasteiger partial charge in [-0.15, -0.1) is 0 Å². The SMILES string of the molecule is COC(=O)C1(C(=O)c2ccc(OC)cc2)CO1. The van der Waals surface area contributed by atoms with Gasteiger partial charge in [0.05, 0.1) is 20.8 Å². The molecular weight excluding hydrogens is 224 g/mol. The smallest absolute Gasteiger partial charge is 0.348 e. The van der Waals surface area contributed by atoms with Crippen molar-refractivity contribution in [1.29, 1.82) is 0 Å². The van der Waals surface area contributed by atoms with Gasteiger partial charge >= 0.3 is 5.97 Å². The maximum absolute atomic E-state index is 12.1. The van der Waals surface area contributed by atoms with Crippen molar-refractivity contribution in [2.75, 3.05) is 20.8 Å². The molecule has 2 rings (SSSR count). The minimum absolute atomic E-state index is 0.0739. The molecule has 1 heterocycles. The van der Waals surface area contributed by atoms with Crippen LogP contribution in [-0.2, 0) is 14.3 Å². The molecule has 1 fully saturated rings. The quantitative estimate of drug-likeness (QED) is 0.335. The summed E-state index contributed by atoms with van der Waals surface area (Å²) in [5.41, 5.74) is -1.03. The van der Waals surface area contributed by atoms with Crippen LogP contribution in [0, 0.1) is 0 Å². The number of methoxy groups -OCH3 is 2. The summed E-state index contributed by atoms with van der Waals surface area (Å²) in [5.74, 6) is -0.393. The molecule has 1 atom stereocenters. The number of rotatable bonds is 4. The summed E-state index contributed by atoms with van der Waals surface area (Å²) < 4.78 is 14.5. The van der Waals surface area contributed by atoms with Crippen LogP contribution in [0.25, 0.3) is 0 Å². The summed E-state index contributed by atoms with van der Waals surface area (Å²) in [6.07, 6.45) is 0. The van der Waals surface area contributed by atoms with Gasteiger partial charge in [-0.25, -0.2) is 4.79 Å². The van der Waals surface area contributed by atoms with Crippen molar-refractivity contribution >= 4 is 11.8 Å². The molecule has 0 radical (unpaired) electrons. The zero-order valence-corrected chi connectivity index (χ0v) is 9.56. The van der Waals surface area contributed by atoms with Gasteiger partial charge in [0, 0.05) is 5.56 Å². The van der Waals surface area contributed by atoms with E-state index in [1.807, 2.05) is 0 Å². The van der Waals surface area contributed by atoms with Gasteiger partial charge in [0.1, 0.15) is 5.75 Å². The fourth-order valence-electron chi connectivity index (χ4n) is 1.55. The Kier molecular flexibility index (Phi) is 2.85. The lowest BCUT2D eigenvalue weighted by atomic mass is 9.98. The predicted molar refractivity (Wildman–Crippen MR) is 58.0 cm³/mol. The van der Waals surface area contributed by atoms with E-state index in [2.05, 4.69) is 4.74 Å². The van der Waals surface area contributed by atoms with E-state index in [-0.39, 0.29) is 12.4 Å². The number of hydrogen-bond donors (Lipinski definition) is 0. The van der Waals surface area contributed by atoms with Crippen molar-refractivity contribution in [3.05, 3.63) is 29.8 Å². The fraction of sp³-hybridized carbons (Fsp3) is 0.333. The van der Waals surface area contributed by atoms with Crippen molar-refractivity contribution in [1.82, 2.24) is 0 Å². The molecule has 1 aromatic rings. The van der Waals surface area contributed by atoms with E-state index in [9.17, 15) is 9.59 Å². The van der Waals surface area contributed by atoms with Gasteiger partial charge in [-0.05, 0) is 24.3 Å². The third kappa shape index (κ3) is 1.89. The first-order valence-corrected chi connectivity index (χ1v) is 5.05. The Labute approximate surface area is 98.3 Å². The van der Waals surface area contributed by atoms with Crippen LogP contribution in [-0.4, -0.2) is 38.2 Å². The van der Waals surface area contributed by atoms with Crippen molar-refractivity contribution in [2.24, 2.45) is 0 Å². The average molecular weight is 236 g/mol. The lowest BCUT2D eigenvalue weighted by Crippen LogP contribution is -2.35. The molecule has 0 aliphatic carbocycles. The molecule has 0 amide bonds. The maximum atomic E-state index is 12.1. The number of ketones is 1. The number of benzene rings is 1. The molecule has 1 aliphatic rings. The Morgan fingerprint density at radius 3 is 2.24 bits per heavy atom. The summed E-state index contributed by atoms with van der Waals surface area (Å²) in [4.78, 5) is 23.5. The average Bonchev–Trinajstić information content (AvgIpc) is 3.18. The van der Waals surface area contributed by atoms with Gasteiger partial charge in [0.15, 0.2) is 0 Å². The van der Waals surface area contributed by atoms with Gasteiger partial charge in [-0.2, -0.15) is 0 Å². The van der Waals surface area contributed by atoms with Crippen LogP contribution >= 0.6 is 0 Å². The predicted octanol–water partition coefficient (Wildman–Crippen LogP) is 0.820. The van der Waals surface area contributed by atoms with E-state index in [4.69, 9.17) is 9.47 Å². The Hall–Kier alpha value is -1.88. The lowest BCUT2D eigenvalue weighted by molar-refractivity contribution is -0.144. The molecule has 0 spiro atoms. The summed E-state index contributed by atoms with van der Waals surface area (Å²) in [6.45, 7) is 0.0739. The molecule has 0 N–H and O–H groups in total. The van der Waals surface area contributed by atoms with E-state index < -0.39 is 11.6 Å². The van der Waals surface area contributed by atoms with Crippen LogP contribution in [0.2, 0.25) is 0 Å². The van der Waals surface area contributed by atoms with E-state index >= 15 is 0 Å². The number of epoxide rings is 1. The van der Waals surface area contributed by atoms with E-state index in [0.717, 1.165) is 0 Å². The molecule has 1 aliphatic heterocycles. The van der Waals surface area contributed by atoms with Crippen molar-refractivity contribution in [3.63, 3.8) is 0 Å². The first-order valence-electron chi connectivity index (χ1n) is 5.05. The zero-order valence-electron chi connectivity index (χ0n) is 9.56. The first-order chi connectivity index (χ1) is 8.14. The van der Waals surface area contributed by atoms with E-state index in [1.165, 1.54) is 14.2 Å². The number of esters is 1. The molecule has 90 valence electrons. The largest absolute Gasteiger partial charge is 0.497 e. The molecular formula is C12H12O5. The Bertz CT molecular complexity index is 444. The van der Waals surface area contributed by atoms with Crippen LogP contribution in [0.1, 0.15) is 10.4 Å². The summed E-state index contributed by atoms with van der Waals surface area (Å²) in [6, 6.07) is 6.49. The number of Topliss-reactive ketones (excluding diaryl/α,β-unsaturated/α-hetero) is 1. The fourth-order valence-corrected chi connectivity index (χ4v) is 1.55. The Balaban J connectivity index is 2.22. The number of carbonyl (C=O) groups is 2. The second-order valence-electron chi connectivity index (χ2n) is 3.66. The zero-order chi connectivity index (χ0) is 12.5. The minimum atomic E-state index is -1.43.